The second kappa shape index (κ2) is 8.73. The number of nitrogens with zero attached hydrogens (tertiary/aromatic N) is 1. The van der Waals surface area contributed by atoms with Crippen molar-refractivity contribution in [2.24, 2.45) is 0 Å². The highest BCUT2D eigenvalue weighted by Crippen LogP contribution is 2.42. The Morgan fingerprint density at radius 1 is 0.425 bits per heavy atom. The predicted molar refractivity (Wildman–Crippen MR) is 162 cm³/mol. The zero-order valence-electron chi connectivity index (χ0n) is 21.4. The average Bonchev–Trinajstić information content (AvgIpc) is 3.59. The molecule has 8 aromatic rings. The fraction of sp³-hybridized carbons (Fsp3) is 0. The van der Waals surface area contributed by atoms with E-state index in [2.05, 4.69) is 54.6 Å². The van der Waals surface area contributed by atoms with E-state index in [1.54, 1.807) is 0 Å². The molecular weight excluding hydrogens is 490 g/mol. The van der Waals surface area contributed by atoms with Crippen molar-refractivity contribution in [2.75, 3.05) is 0 Å². The van der Waals surface area contributed by atoms with Crippen molar-refractivity contribution in [1.82, 2.24) is 0 Å². The molecule has 40 heavy (non-hydrogen) atoms. The summed E-state index contributed by atoms with van der Waals surface area (Å²) in [4.78, 5) is 0. The normalized spacial score (nSPS) is 11.5. The molecule has 3 nitrogen and oxygen atoms in total. The van der Waals surface area contributed by atoms with Gasteiger partial charge < -0.3 is 8.83 Å². The fourth-order valence-corrected chi connectivity index (χ4v) is 5.91. The van der Waals surface area contributed by atoms with Crippen LogP contribution in [0.15, 0.2) is 136 Å². The minimum atomic E-state index is 0.641. The van der Waals surface area contributed by atoms with Gasteiger partial charge in [-0.15, -0.1) is 0 Å². The molecule has 0 radical (unpaired) electrons. The van der Waals surface area contributed by atoms with Crippen LogP contribution in [-0.4, -0.2) is 0 Å². The van der Waals surface area contributed by atoms with Crippen LogP contribution >= 0.6 is 0 Å². The topological polar surface area (TPSA) is 50.1 Å². The van der Waals surface area contributed by atoms with Crippen LogP contribution in [0.1, 0.15) is 5.56 Å². The lowest BCUT2D eigenvalue weighted by molar-refractivity contribution is 0.668. The van der Waals surface area contributed by atoms with E-state index in [1.807, 2.05) is 78.9 Å². The summed E-state index contributed by atoms with van der Waals surface area (Å²) < 4.78 is 12.3. The van der Waals surface area contributed by atoms with Gasteiger partial charge in [0.05, 0.1) is 11.6 Å². The number of benzene rings is 6. The Kier molecular flexibility index (Phi) is 4.89. The highest BCUT2D eigenvalue weighted by molar-refractivity contribution is 6.13. The van der Waals surface area contributed by atoms with Gasteiger partial charge in [0.25, 0.3) is 0 Å². The van der Waals surface area contributed by atoms with Gasteiger partial charge in [-0.1, -0.05) is 84.9 Å². The first-order valence-electron chi connectivity index (χ1n) is 13.2. The molecule has 0 aliphatic heterocycles. The van der Waals surface area contributed by atoms with E-state index < -0.39 is 0 Å². The molecule has 0 saturated heterocycles. The van der Waals surface area contributed by atoms with Gasteiger partial charge in [0, 0.05) is 27.1 Å². The molecule has 0 atom stereocenters. The predicted octanol–water partition coefficient (Wildman–Crippen LogP) is 10.4. The highest BCUT2D eigenvalue weighted by Gasteiger charge is 2.17. The van der Waals surface area contributed by atoms with Gasteiger partial charge >= 0.3 is 0 Å². The number of nitriles is 1. The Labute approximate surface area is 230 Å². The van der Waals surface area contributed by atoms with Gasteiger partial charge in [-0.2, -0.15) is 5.26 Å². The second-order valence-electron chi connectivity index (χ2n) is 10.0. The van der Waals surface area contributed by atoms with Crippen molar-refractivity contribution in [2.45, 2.75) is 0 Å². The first-order valence-corrected chi connectivity index (χ1v) is 13.2. The van der Waals surface area contributed by atoms with E-state index in [9.17, 15) is 5.26 Å². The maximum Gasteiger partial charge on any atom is 0.136 e. The summed E-state index contributed by atoms with van der Waals surface area (Å²) in [6.07, 6.45) is 0. The molecule has 3 heteroatoms. The number of fused-ring (bicyclic) bond motifs is 6. The van der Waals surface area contributed by atoms with Crippen LogP contribution in [0.4, 0.5) is 0 Å². The Balaban J connectivity index is 1.40. The average molecular weight is 512 g/mol. The summed E-state index contributed by atoms with van der Waals surface area (Å²) in [5.74, 6) is 0. The summed E-state index contributed by atoms with van der Waals surface area (Å²) in [6, 6.07) is 45.6. The van der Waals surface area contributed by atoms with Crippen LogP contribution < -0.4 is 0 Å². The minimum absolute atomic E-state index is 0.641. The van der Waals surface area contributed by atoms with E-state index in [0.29, 0.717) is 5.56 Å². The van der Waals surface area contributed by atoms with Crippen LogP contribution in [0.3, 0.4) is 0 Å². The molecule has 0 saturated carbocycles. The van der Waals surface area contributed by atoms with E-state index >= 15 is 0 Å². The molecular formula is C37H21NO2. The van der Waals surface area contributed by atoms with Crippen molar-refractivity contribution in [3.05, 3.63) is 133 Å². The van der Waals surface area contributed by atoms with Crippen molar-refractivity contribution in [1.29, 1.82) is 5.26 Å². The molecule has 0 fully saturated rings. The summed E-state index contributed by atoms with van der Waals surface area (Å²) in [5.41, 5.74) is 10.3. The molecule has 8 rings (SSSR count). The van der Waals surface area contributed by atoms with E-state index in [0.717, 1.165) is 77.3 Å². The minimum Gasteiger partial charge on any atom is -0.456 e. The SMILES string of the molecule is N#Cc1ccccc1-c1cc(-c2cccc3oc4ccccc4c23)ccc1-c1ccc2oc3ccccc3c2c1. The van der Waals surface area contributed by atoms with Gasteiger partial charge in [-0.25, -0.2) is 0 Å². The van der Waals surface area contributed by atoms with Crippen LogP contribution in [-0.2, 0) is 0 Å². The Bertz CT molecular complexity index is 2290. The van der Waals surface area contributed by atoms with Crippen molar-refractivity contribution >= 4 is 43.9 Å². The largest absolute Gasteiger partial charge is 0.456 e. The number of hydrogen-bond acceptors (Lipinski definition) is 3. The maximum atomic E-state index is 10.0. The third-order valence-corrected chi connectivity index (χ3v) is 7.76. The van der Waals surface area contributed by atoms with Gasteiger partial charge in [-0.05, 0) is 70.3 Å². The summed E-state index contributed by atoms with van der Waals surface area (Å²) in [7, 11) is 0. The molecule has 2 aromatic heterocycles. The van der Waals surface area contributed by atoms with E-state index in [-0.39, 0.29) is 0 Å². The first kappa shape index (κ1) is 22.4. The molecule has 186 valence electrons. The molecule has 0 amide bonds. The summed E-state index contributed by atoms with van der Waals surface area (Å²) in [6.45, 7) is 0. The highest BCUT2D eigenvalue weighted by atomic mass is 16.3. The molecule has 0 aliphatic carbocycles. The second-order valence-corrected chi connectivity index (χ2v) is 10.0. The lowest BCUT2D eigenvalue weighted by Gasteiger charge is -2.15. The monoisotopic (exact) mass is 511 g/mol. The van der Waals surface area contributed by atoms with Crippen molar-refractivity contribution in [3.63, 3.8) is 0 Å². The Morgan fingerprint density at radius 3 is 1.93 bits per heavy atom. The third kappa shape index (κ3) is 3.37. The van der Waals surface area contributed by atoms with Crippen LogP contribution in [0.25, 0.3) is 77.3 Å². The fourth-order valence-electron chi connectivity index (χ4n) is 5.91. The summed E-state index contributed by atoms with van der Waals surface area (Å²) >= 11 is 0. The molecule has 0 spiro atoms. The maximum absolute atomic E-state index is 10.0. The lowest BCUT2D eigenvalue weighted by atomic mass is 9.88. The van der Waals surface area contributed by atoms with Crippen LogP contribution in [0.2, 0.25) is 0 Å². The van der Waals surface area contributed by atoms with Crippen LogP contribution in [0, 0.1) is 11.3 Å². The van der Waals surface area contributed by atoms with Crippen molar-refractivity contribution in [3.8, 4) is 39.4 Å². The van der Waals surface area contributed by atoms with Crippen LogP contribution in [0.5, 0.6) is 0 Å². The molecule has 0 bridgehead atoms. The standard InChI is InChI=1S/C37H21NO2/c38-22-25-8-1-2-9-26(25)31-20-24(28-12-7-15-36-37(28)30-11-4-6-14-34(30)40-36)16-18-27(31)23-17-19-35-32(21-23)29-10-3-5-13-33(29)39-35/h1-21H. The number of furan rings is 2. The molecule has 0 N–H and O–H groups in total. The van der Waals surface area contributed by atoms with E-state index in [4.69, 9.17) is 8.83 Å². The first-order chi connectivity index (χ1) is 19.8. The molecule has 0 aliphatic rings. The van der Waals surface area contributed by atoms with Gasteiger partial charge in [0.15, 0.2) is 0 Å². The van der Waals surface area contributed by atoms with Gasteiger partial charge in [0.1, 0.15) is 22.3 Å². The third-order valence-electron chi connectivity index (χ3n) is 7.76. The molecule has 0 unspecified atom stereocenters. The zero-order chi connectivity index (χ0) is 26.6. The number of para-hydroxylation sites is 2. The molecule has 2 heterocycles. The van der Waals surface area contributed by atoms with E-state index in [1.165, 1.54) is 0 Å². The van der Waals surface area contributed by atoms with Crippen molar-refractivity contribution < 1.29 is 8.83 Å². The number of rotatable bonds is 3. The number of hydrogen-bond donors (Lipinski definition) is 0. The van der Waals surface area contributed by atoms with Gasteiger partial charge in [-0.3, -0.25) is 0 Å². The molecule has 6 aromatic carbocycles. The summed E-state index contributed by atoms with van der Waals surface area (Å²) in [5, 5.41) is 14.4. The Morgan fingerprint density at radius 2 is 1.05 bits per heavy atom. The smallest absolute Gasteiger partial charge is 0.136 e. The lowest BCUT2D eigenvalue weighted by Crippen LogP contribution is -1.91. The Hall–Kier alpha value is -5.59. The van der Waals surface area contributed by atoms with Gasteiger partial charge in [0.2, 0.25) is 0 Å². The quantitative estimate of drug-likeness (QED) is 0.237. The zero-order valence-corrected chi connectivity index (χ0v) is 21.4.